The molecule has 0 aromatic heterocycles. The van der Waals surface area contributed by atoms with Gasteiger partial charge in [-0.3, -0.25) is 9.59 Å². The van der Waals surface area contributed by atoms with Gasteiger partial charge >= 0.3 is 0 Å². The van der Waals surface area contributed by atoms with E-state index in [1.54, 1.807) is 14.1 Å². The Balaban J connectivity index is 2.88. The Morgan fingerprint density at radius 3 is 2.25 bits per heavy atom. The summed E-state index contributed by atoms with van der Waals surface area (Å²) >= 11 is 0. The fourth-order valence-electron chi connectivity index (χ4n) is 1.14. The van der Waals surface area contributed by atoms with Crippen molar-refractivity contribution in [1.82, 2.24) is 10.0 Å². The van der Waals surface area contributed by atoms with E-state index in [0.29, 0.717) is 12.0 Å². The first-order valence-electron chi connectivity index (χ1n) is 3.84. The molecule has 0 N–H and O–H groups in total. The van der Waals surface area contributed by atoms with Crippen molar-refractivity contribution in [3.8, 4) is 0 Å². The van der Waals surface area contributed by atoms with E-state index in [0.717, 1.165) is 5.01 Å². The lowest BCUT2D eigenvalue weighted by atomic mass is 10.2. The van der Waals surface area contributed by atoms with Gasteiger partial charge in [0.1, 0.15) is 0 Å². The predicted octanol–water partition coefficient (Wildman–Crippen LogP) is 0.168. The van der Waals surface area contributed by atoms with Crippen molar-refractivity contribution in [3.63, 3.8) is 0 Å². The third kappa shape index (κ3) is 1.25. The quantitative estimate of drug-likeness (QED) is 0.552. The number of amides is 2. The number of hydrogen-bond acceptors (Lipinski definition) is 3. The van der Waals surface area contributed by atoms with Crippen molar-refractivity contribution in [2.45, 2.75) is 13.3 Å². The summed E-state index contributed by atoms with van der Waals surface area (Å²) in [4.78, 5) is 22.6. The van der Waals surface area contributed by atoms with Gasteiger partial charge in [0.25, 0.3) is 11.8 Å². The molecule has 0 bridgehead atoms. The summed E-state index contributed by atoms with van der Waals surface area (Å²) in [5.41, 5.74) is 0.578. The smallest absolute Gasteiger partial charge is 0.268 e. The van der Waals surface area contributed by atoms with Gasteiger partial charge in [-0.1, -0.05) is 6.92 Å². The van der Waals surface area contributed by atoms with Crippen LogP contribution in [-0.4, -0.2) is 35.9 Å². The molecule has 1 aliphatic heterocycles. The molecule has 1 aliphatic rings. The van der Waals surface area contributed by atoms with Crippen molar-refractivity contribution in [2.75, 3.05) is 14.1 Å². The monoisotopic (exact) mass is 168 g/mol. The second-order valence-electron chi connectivity index (χ2n) is 2.83. The minimum Gasteiger partial charge on any atom is -0.268 e. The minimum atomic E-state index is -0.248. The van der Waals surface area contributed by atoms with Crippen LogP contribution in [-0.2, 0) is 9.59 Å². The average molecular weight is 168 g/mol. The molecular weight excluding hydrogens is 156 g/mol. The maximum Gasteiger partial charge on any atom is 0.271 e. The highest BCUT2D eigenvalue weighted by Gasteiger charge is 2.31. The summed E-state index contributed by atoms with van der Waals surface area (Å²) in [7, 11) is 3.34. The van der Waals surface area contributed by atoms with Crippen molar-refractivity contribution in [2.24, 2.45) is 0 Å². The van der Waals surface area contributed by atoms with Crippen LogP contribution < -0.4 is 0 Å². The number of hydrazine groups is 1. The molecule has 0 aliphatic carbocycles. The van der Waals surface area contributed by atoms with Gasteiger partial charge in [0.15, 0.2) is 0 Å². The topological polar surface area (TPSA) is 40.6 Å². The van der Waals surface area contributed by atoms with Crippen LogP contribution in [0, 0.1) is 0 Å². The maximum absolute atomic E-state index is 11.4. The molecule has 0 saturated heterocycles. The maximum atomic E-state index is 11.4. The molecular formula is C8H12N2O2. The Morgan fingerprint density at radius 2 is 2.00 bits per heavy atom. The molecule has 66 valence electrons. The van der Waals surface area contributed by atoms with Crippen molar-refractivity contribution >= 4 is 11.8 Å². The molecule has 0 unspecified atom stereocenters. The number of carbonyl (C=O) groups is 2. The third-order valence-electron chi connectivity index (χ3n) is 1.75. The Kier molecular flexibility index (Phi) is 2.28. The van der Waals surface area contributed by atoms with Crippen LogP contribution in [0.1, 0.15) is 13.3 Å². The Morgan fingerprint density at radius 1 is 1.42 bits per heavy atom. The number of nitrogens with zero attached hydrogens (tertiary/aromatic N) is 2. The first kappa shape index (κ1) is 8.93. The first-order chi connectivity index (χ1) is 5.57. The van der Waals surface area contributed by atoms with Crippen LogP contribution in [0.3, 0.4) is 0 Å². The van der Waals surface area contributed by atoms with Gasteiger partial charge in [-0.2, -0.15) is 0 Å². The Labute approximate surface area is 71.4 Å². The number of imide groups is 1. The molecule has 0 aromatic carbocycles. The van der Waals surface area contributed by atoms with E-state index < -0.39 is 0 Å². The number of hydrogen-bond donors (Lipinski definition) is 0. The summed E-state index contributed by atoms with van der Waals surface area (Å²) in [6, 6.07) is 0. The van der Waals surface area contributed by atoms with Gasteiger partial charge in [-0.15, -0.1) is 0 Å². The van der Waals surface area contributed by atoms with E-state index in [-0.39, 0.29) is 11.8 Å². The molecule has 0 aromatic rings. The molecule has 0 radical (unpaired) electrons. The van der Waals surface area contributed by atoms with Gasteiger partial charge in [0.05, 0.1) is 0 Å². The van der Waals surface area contributed by atoms with Gasteiger partial charge < -0.3 is 0 Å². The SMILES string of the molecule is CCC1=CC(=O)N(N(C)C)C1=O. The highest BCUT2D eigenvalue weighted by molar-refractivity contribution is 6.15. The molecule has 0 atom stereocenters. The highest BCUT2D eigenvalue weighted by Crippen LogP contribution is 2.15. The van der Waals surface area contributed by atoms with Crippen molar-refractivity contribution in [1.29, 1.82) is 0 Å². The molecule has 4 nitrogen and oxygen atoms in total. The summed E-state index contributed by atoms with van der Waals surface area (Å²) in [6.07, 6.45) is 2.00. The standard InChI is InChI=1S/C8H12N2O2/c1-4-6-5-7(11)10(8(6)12)9(2)3/h5H,4H2,1-3H3. The summed E-state index contributed by atoms with van der Waals surface area (Å²) < 4.78 is 0. The van der Waals surface area contributed by atoms with E-state index in [2.05, 4.69) is 0 Å². The second kappa shape index (κ2) is 3.06. The van der Waals surface area contributed by atoms with E-state index in [4.69, 9.17) is 0 Å². The fraction of sp³-hybridized carbons (Fsp3) is 0.500. The van der Waals surface area contributed by atoms with E-state index in [1.807, 2.05) is 6.92 Å². The average Bonchev–Trinajstić information content (AvgIpc) is 2.25. The largest absolute Gasteiger partial charge is 0.271 e. The number of rotatable bonds is 2. The molecule has 4 heteroatoms. The van der Waals surface area contributed by atoms with Crippen LogP contribution in [0.25, 0.3) is 0 Å². The van der Waals surface area contributed by atoms with E-state index in [1.165, 1.54) is 11.1 Å². The lowest BCUT2D eigenvalue weighted by Gasteiger charge is -2.21. The third-order valence-corrected chi connectivity index (χ3v) is 1.75. The molecule has 0 spiro atoms. The van der Waals surface area contributed by atoms with Crippen LogP contribution in [0.4, 0.5) is 0 Å². The second-order valence-corrected chi connectivity index (χ2v) is 2.83. The molecule has 2 amide bonds. The van der Waals surface area contributed by atoms with Crippen LogP contribution in [0.15, 0.2) is 11.6 Å². The van der Waals surface area contributed by atoms with Gasteiger partial charge in [0, 0.05) is 25.7 Å². The zero-order chi connectivity index (χ0) is 9.30. The van der Waals surface area contributed by atoms with Gasteiger partial charge in [-0.05, 0) is 6.42 Å². The highest BCUT2D eigenvalue weighted by atomic mass is 16.2. The summed E-state index contributed by atoms with van der Waals surface area (Å²) in [5, 5.41) is 2.61. The van der Waals surface area contributed by atoms with Crippen molar-refractivity contribution in [3.05, 3.63) is 11.6 Å². The molecule has 1 heterocycles. The summed E-state index contributed by atoms with van der Waals surface area (Å²) in [5.74, 6) is -0.450. The number of carbonyl (C=O) groups excluding carboxylic acids is 2. The van der Waals surface area contributed by atoms with Crippen LogP contribution >= 0.6 is 0 Å². The van der Waals surface area contributed by atoms with Gasteiger partial charge in [0.2, 0.25) is 0 Å². The zero-order valence-electron chi connectivity index (χ0n) is 7.50. The van der Waals surface area contributed by atoms with Crippen LogP contribution in [0.5, 0.6) is 0 Å². The lowest BCUT2D eigenvalue weighted by Crippen LogP contribution is -2.42. The van der Waals surface area contributed by atoms with Crippen LogP contribution in [0.2, 0.25) is 0 Å². The first-order valence-corrected chi connectivity index (χ1v) is 3.84. The molecule has 12 heavy (non-hydrogen) atoms. The normalized spacial score (nSPS) is 17.7. The Hall–Kier alpha value is -1.16. The zero-order valence-corrected chi connectivity index (χ0v) is 7.50. The van der Waals surface area contributed by atoms with Gasteiger partial charge in [-0.25, -0.2) is 10.0 Å². The summed E-state index contributed by atoms with van der Waals surface area (Å²) in [6.45, 7) is 1.86. The molecule has 1 rings (SSSR count). The predicted molar refractivity (Wildman–Crippen MR) is 43.9 cm³/mol. The van der Waals surface area contributed by atoms with Crippen molar-refractivity contribution < 1.29 is 9.59 Å². The van der Waals surface area contributed by atoms with E-state index in [9.17, 15) is 9.59 Å². The van der Waals surface area contributed by atoms with E-state index >= 15 is 0 Å². The lowest BCUT2D eigenvalue weighted by molar-refractivity contribution is -0.151. The fourth-order valence-corrected chi connectivity index (χ4v) is 1.14. The Bertz CT molecular complexity index is 256. The molecule has 0 saturated carbocycles. The minimum absolute atomic E-state index is 0.201. The molecule has 0 fully saturated rings.